The summed E-state index contributed by atoms with van der Waals surface area (Å²) in [4.78, 5) is 12.6. The predicted octanol–water partition coefficient (Wildman–Crippen LogP) is 3.78. The van der Waals surface area contributed by atoms with E-state index in [0.717, 1.165) is 11.1 Å². The molecule has 0 radical (unpaired) electrons. The highest BCUT2D eigenvalue weighted by atomic mass is 16.6. The highest BCUT2D eigenvalue weighted by Crippen LogP contribution is 2.33. The van der Waals surface area contributed by atoms with Gasteiger partial charge in [0.15, 0.2) is 23.3 Å². The number of hydrogen-bond donors (Lipinski definition) is 1. The van der Waals surface area contributed by atoms with E-state index in [2.05, 4.69) is 15.6 Å². The highest BCUT2D eigenvalue weighted by Gasteiger charge is 2.21. The molecule has 0 saturated heterocycles. The maximum Gasteiger partial charge on any atom is 0.266 e. The molecule has 0 bridgehead atoms. The van der Waals surface area contributed by atoms with Crippen LogP contribution >= 0.6 is 0 Å². The van der Waals surface area contributed by atoms with Gasteiger partial charge in [-0.15, -0.1) is 0 Å². The van der Waals surface area contributed by atoms with Gasteiger partial charge in [-0.3, -0.25) is 4.79 Å². The SMILES string of the molecule is COc1ccc(-c2nonc2NC(=O)C(C)Oc2ccc(C)c(C)c2)cc1OC. The first kappa shape index (κ1) is 20.2. The molecule has 0 fully saturated rings. The number of nitrogens with zero attached hydrogens (tertiary/aromatic N) is 2. The Kier molecular flexibility index (Phi) is 6.01. The Morgan fingerprint density at radius 3 is 2.45 bits per heavy atom. The van der Waals surface area contributed by atoms with Crippen molar-refractivity contribution in [2.24, 2.45) is 0 Å². The van der Waals surface area contributed by atoms with Crippen LogP contribution in [0.2, 0.25) is 0 Å². The van der Waals surface area contributed by atoms with E-state index in [-0.39, 0.29) is 11.7 Å². The van der Waals surface area contributed by atoms with Crippen molar-refractivity contribution in [3.8, 4) is 28.5 Å². The first-order valence-electron chi connectivity index (χ1n) is 9.02. The number of aryl methyl sites for hydroxylation is 2. The number of rotatable bonds is 7. The number of aromatic nitrogens is 2. The average molecular weight is 397 g/mol. The molecule has 3 aromatic rings. The number of hydrogen-bond acceptors (Lipinski definition) is 7. The first-order chi connectivity index (χ1) is 13.9. The van der Waals surface area contributed by atoms with Crippen LogP contribution in [0.1, 0.15) is 18.1 Å². The molecule has 0 aliphatic rings. The molecule has 152 valence electrons. The Morgan fingerprint density at radius 1 is 1.00 bits per heavy atom. The molecule has 29 heavy (non-hydrogen) atoms. The summed E-state index contributed by atoms with van der Waals surface area (Å²) < 4.78 is 21.1. The van der Waals surface area contributed by atoms with Gasteiger partial charge in [0.2, 0.25) is 5.82 Å². The molecule has 1 amide bonds. The van der Waals surface area contributed by atoms with Crippen LogP contribution in [-0.4, -0.2) is 36.5 Å². The summed E-state index contributed by atoms with van der Waals surface area (Å²) >= 11 is 0. The standard InChI is InChI=1S/C21H23N3O5/c1-12-6-8-16(10-13(12)2)28-14(3)21(25)22-20-19(23-29-24-20)15-7-9-17(26-4)18(11-15)27-5/h6-11,14H,1-5H3,(H,22,24,25). The van der Waals surface area contributed by atoms with Crippen LogP contribution < -0.4 is 19.5 Å². The van der Waals surface area contributed by atoms with Gasteiger partial charge in [-0.25, -0.2) is 4.63 Å². The van der Waals surface area contributed by atoms with Crippen LogP contribution in [-0.2, 0) is 4.79 Å². The lowest BCUT2D eigenvalue weighted by Crippen LogP contribution is -2.30. The van der Waals surface area contributed by atoms with Gasteiger partial charge in [0, 0.05) is 5.56 Å². The van der Waals surface area contributed by atoms with Crippen molar-refractivity contribution in [1.82, 2.24) is 10.3 Å². The van der Waals surface area contributed by atoms with Gasteiger partial charge in [-0.05, 0) is 72.5 Å². The van der Waals surface area contributed by atoms with Crippen LogP contribution in [0.25, 0.3) is 11.3 Å². The zero-order valence-corrected chi connectivity index (χ0v) is 17.0. The second kappa shape index (κ2) is 8.64. The predicted molar refractivity (Wildman–Crippen MR) is 107 cm³/mol. The molecule has 3 rings (SSSR count). The van der Waals surface area contributed by atoms with Crippen LogP contribution in [0.15, 0.2) is 41.0 Å². The minimum absolute atomic E-state index is 0.192. The fraction of sp³-hybridized carbons (Fsp3) is 0.286. The molecule has 1 unspecified atom stereocenters. The second-order valence-corrected chi connectivity index (χ2v) is 6.53. The van der Waals surface area contributed by atoms with Crippen molar-refractivity contribution < 1.29 is 23.6 Å². The van der Waals surface area contributed by atoms with Crippen molar-refractivity contribution in [1.29, 1.82) is 0 Å². The Balaban J connectivity index is 1.75. The fourth-order valence-electron chi connectivity index (χ4n) is 2.71. The van der Waals surface area contributed by atoms with E-state index < -0.39 is 6.10 Å². The Labute approximate surface area is 168 Å². The van der Waals surface area contributed by atoms with Crippen LogP contribution in [0, 0.1) is 13.8 Å². The minimum Gasteiger partial charge on any atom is -0.493 e. The Hall–Kier alpha value is -3.55. The molecule has 8 nitrogen and oxygen atoms in total. The minimum atomic E-state index is -0.743. The van der Waals surface area contributed by atoms with Crippen molar-refractivity contribution in [3.05, 3.63) is 47.5 Å². The number of carbonyl (C=O) groups is 1. The van der Waals surface area contributed by atoms with E-state index in [4.69, 9.17) is 18.8 Å². The van der Waals surface area contributed by atoms with Crippen molar-refractivity contribution in [2.45, 2.75) is 26.9 Å². The third-order valence-electron chi connectivity index (χ3n) is 4.55. The van der Waals surface area contributed by atoms with E-state index >= 15 is 0 Å². The molecule has 0 aliphatic carbocycles. The van der Waals surface area contributed by atoms with Crippen LogP contribution in [0.4, 0.5) is 5.82 Å². The Bertz CT molecular complexity index is 1020. The molecule has 0 saturated carbocycles. The van der Waals surface area contributed by atoms with Gasteiger partial charge < -0.3 is 19.5 Å². The van der Waals surface area contributed by atoms with E-state index in [9.17, 15) is 4.79 Å². The molecular formula is C21H23N3O5. The van der Waals surface area contributed by atoms with Crippen LogP contribution in [0.3, 0.4) is 0 Å². The second-order valence-electron chi connectivity index (χ2n) is 6.53. The zero-order chi connectivity index (χ0) is 21.0. The lowest BCUT2D eigenvalue weighted by Gasteiger charge is -2.15. The smallest absolute Gasteiger partial charge is 0.266 e. The summed E-state index contributed by atoms with van der Waals surface area (Å²) in [6, 6.07) is 10.9. The number of nitrogens with one attached hydrogen (secondary N) is 1. The zero-order valence-electron chi connectivity index (χ0n) is 17.0. The van der Waals surface area contributed by atoms with Crippen molar-refractivity contribution >= 4 is 11.7 Å². The first-order valence-corrected chi connectivity index (χ1v) is 9.02. The highest BCUT2D eigenvalue weighted by molar-refractivity contribution is 5.96. The molecule has 1 aromatic heterocycles. The van der Waals surface area contributed by atoms with Gasteiger partial charge in [-0.2, -0.15) is 0 Å². The summed E-state index contributed by atoms with van der Waals surface area (Å²) in [5, 5.41) is 10.4. The molecule has 8 heteroatoms. The lowest BCUT2D eigenvalue weighted by atomic mass is 10.1. The number of ether oxygens (including phenoxy) is 3. The number of anilines is 1. The third kappa shape index (κ3) is 4.48. The van der Waals surface area contributed by atoms with E-state index in [1.807, 2.05) is 32.0 Å². The maximum absolute atomic E-state index is 12.6. The van der Waals surface area contributed by atoms with E-state index in [1.54, 1.807) is 32.2 Å². The van der Waals surface area contributed by atoms with Gasteiger partial charge in [0.25, 0.3) is 5.91 Å². The van der Waals surface area contributed by atoms with Gasteiger partial charge in [-0.1, -0.05) is 6.07 Å². The lowest BCUT2D eigenvalue weighted by molar-refractivity contribution is -0.122. The Morgan fingerprint density at radius 2 is 1.76 bits per heavy atom. The number of benzene rings is 2. The third-order valence-corrected chi connectivity index (χ3v) is 4.55. The van der Waals surface area contributed by atoms with Gasteiger partial charge in [0.1, 0.15) is 5.75 Å². The molecule has 1 atom stereocenters. The average Bonchev–Trinajstić information content (AvgIpc) is 3.18. The van der Waals surface area contributed by atoms with Crippen molar-refractivity contribution in [3.63, 3.8) is 0 Å². The summed E-state index contributed by atoms with van der Waals surface area (Å²) in [6.45, 7) is 5.67. The molecule has 1 N–H and O–H groups in total. The molecular weight excluding hydrogens is 374 g/mol. The normalized spacial score (nSPS) is 11.6. The van der Waals surface area contributed by atoms with Gasteiger partial charge in [0.05, 0.1) is 14.2 Å². The fourth-order valence-corrected chi connectivity index (χ4v) is 2.71. The largest absolute Gasteiger partial charge is 0.493 e. The maximum atomic E-state index is 12.6. The van der Waals surface area contributed by atoms with E-state index in [1.165, 1.54) is 7.11 Å². The molecule has 2 aromatic carbocycles. The summed E-state index contributed by atoms with van der Waals surface area (Å²) in [7, 11) is 3.09. The van der Waals surface area contributed by atoms with Crippen molar-refractivity contribution in [2.75, 3.05) is 19.5 Å². The van der Waals surface area contributed by atoms with Gasteiger partial charge >= 0.3 is 0 Å². The topological polar surface area (TPSA) is 95.7 Å². The summed E-state index contributed by atoms with van der Waals surface area (Å²) in [5.74, 6) is 1.54. The summed E-state index contributed by atoms with van der Waals surface area (Å²) in [6.07, 6.45) is -0.743. The molecule has 0 aliphatic heterocycles. The number of methoxy groups -OCH3 is 2. The molecule has 1 heterocycles. The van der Waals surface area contributed by atoms with E-state index in [0.29, 0.717) is 28.5 Å². The molecule has 0 spiro atoms. The quantitative estimate of drug-likeness (QED) is 0.648. The number of amides is 1. The monoisotopic (exact) mass is 397 g/mol. The summed E-state index contributed by atoms with van der Waals surface area (Å²) in [5.41, 5.74) is 3.27. The number of carbonyl (C=O) groups excluding carboxylic acids is 1. The van der Waals surface area contributed by atoms with Crippen LogP contribution in [0.5, 0.6) is 17.2 Å².